The molecule has 0 radical (unpaired) electrons. The van der Waals surface area contributed by atoms with Gasteiger partial charge in [-0.15, -0.1) is 0 Å². The van der Waals surface area contributed by atoms with E-state index in [0.29, 0.717) is 28.3 Å². The molecule has 0 amide bonds. The molecule has 1 unspecified atom stereocenters. The Balaban J connectivity index is 1.49. The minimum Gasteiger partial charge on any atom is -0.352 e. The highest BCUT2D eigenvalue weighted by Crippen LogP contribution is 2.32. The van der Waals surface area contributed by atoms with Crippen LogP contribution in [0.4, 0.5) is 26.4 Å². The van der Waals surface area contributed by atoms with Crippen LogP contribution in [0, 0.1) is 11.6 Å². The van der Waals surface area contributed by atoms with Crippen LogP contribution in [-0.4, -0.2) is 53.2 Å². The van der Waals surface area contributed by atoms with Crippen LogP contribution in [-0.2, 0) is 0 Å². The maximum absolute atomic E-state index is 14.1. The highest BCUT2D eigenvalue weighted by molar-refractivity contribution is 6.32. The first-order valence-electron chi connectivity index (χ1n) is 12.1. The molecule has 184 valence electrons. The molecule has 0 aliphatic carbocycles. The summed E-state index contributed by atoms with van der Waals surface area (Å²) in [6.07, 6.45) is 5.09. The second-order valence-corrected chi connectivity index (χ2v) is 9.78. The van der Waals surface area contributed by atoms with Gasteiger partial charge in [0.1, 0.15) is 11.6 Å². The molecule has 2 atom stereocenters. The molecule has 2 aliphatic heterocycles. The number of rotatable bonds is 4. The summed E-state index contributed by atoms with van der Waals surface area (Å²) in [6, 6.07) is 9.92. The maximum Gasteiger partial charge on any atom is 0.228 e. The number of pyridine rings is 1. The third-order valence-corrected chi connectivity index (χ3v) is 7.23. The quantitative estimate of drug-likeness (QED) is 0.469. The predicted molar refractivity (Wildman–Crippen MR) is 136 cm³/mol. The van der Waals surface area contributed by atoms with Crippen LogP contribution in [0.5, 0.6) is 0 Å². The standard InChI is InChI=1S/C26H29ClF2N6/c1-17-6-3-4-11-35(17)26-31-23(19-8-9-21(28)22(29)14-19)15-24(32-26)34-13-12-33(16-18(34)2)25-20(27)7-5-10-30-25/h5,7-10,14-15,17-18H,3-4,6,11-13,16H2,1-2H3/t17?,18-/m1/s1. The monoisotopic (exact) mass is 498 g/mol. The zero-order valence-corrected chi connectivity index (χ0v) is 20.7. The molecule has 35 heavy (non-hydrogen) atoms. The lowest BCUT2D eigenvalue weighted by atomic mass is 10.0. The van der Waals surface area contributed by atoms with Crippen LogP contribution < -0.4 is 14.7 Å². The molecule has 4 heterocycles. The van der Waals surface area contributed by atoms with E-state index in [1.165, 1.54) is 12.5 Å². The largest absolute Gasteiger partial charge is 0.352 e. The smallest absolute Gasteiger partial charge is 0.228 e. The number of nitrogens with zero attached hydrogens (tertiary/aromatic N) is 6. The minimum absolute atomic E-state index is 0.126. The molecule has 3 aromatic rings. The van der Waals surface area contributed by atoms with Gasteiger partial charge in [0, 0.05) is 56.1 Å². The first kappa shape index (κ1) is 23.7. The molecule has 2 saturated heterocycles. The second kappa shape index (κ2) is 9.93. The summed E-state index contributed by atoms with van der Waals surface area (Å²) in [5.41, 5.74) is 1.12. The lowest BCUT2D eigenvalue weighted by Gasteiger charge is -2.42. The molecular weight excluding hydrogens is 470 g/mol. The lowest BCUT2D eigenvalue weighted by Crippen LogP contribution is -2.53. The third-order valence-electron chi connectivity index (χ3n) is 6.94. The van der Waals surface area contributed by atoms with Crippen molar-refractivity contribution >= 4 is 29.2 Å². The average Bonchev–Trinajstić information content (AvgIpc) is 2.86. The summed E-state index contributed by atoms with van der Waals surface area (Å²) in [7, 11) is 0. The molecular formula is C26H29ClF2N6. The van der Waals surface area contributed by atoms with E-state index in [0.717, 1.165) is 56.7 Å². The highest BCUT2D eigenvalue weighted by Gasteiger charge is 2.29. The molecule has 9 heteroatoms. The summed E-state index contributed by atoms with van der Waals surface area (Å²) in [5, 5.41) is 0.636. The van der Waals surface area contributed by atoms with Crippen molar-refractivity contribution < 1.29 is 8.78 Å². The van der Waals surface area contributed by atoms with Crippen molar-refractivity contribution in [3.05, 3.63) is 59.3 Å². The fraction of sp³-hybridized carbons (Fsp3) is 0.423. The van der Waals surface area contributed by atoms with Gasteiger partial charge in [0.25, 0.3) is 0 Å². The molecule has 2 fully saturated rings. The number of anilines is 3. The van der Waals surface area contributed by atoms with E-state index in [1.54, 1.807) is 12.3 Å². The zero-order valence-electron chi connectivity index (χ0n) is 20.0. The summed E-state index contributed by atoms with van der Waals surface area (Å²) in [5.74, 6) is 0.452. The number of piperazine rings is 1. The zero-order chi connectivity index (χ0) is 24.5. The Hall–Kier alpha value is -3.00. The predicted octanol–water partition coefficient (Wildman–Crippen LogP) is 5.56. The van der Waals surface area contributed by atoms with Crippen molar-refractivity contribution in [2.45, 2.75) is 45.2 Å². The van der Waals surface area contributed by atoms with Gasteiger partial charge in [-0.25, -0.2) is 18.7 Å². The normalized spacial score (nSPS) is 20.9. The maximum atomic E-state index is 14.1. The molecule has 2 aromatic heterocycles. The van der Waals surface area contributed by atoms with E-state index < -0.39 is 11.6 Å². The van der Waals surface area contributed by atoms with Gasteiger partial charge in [-0.05, 0) is 63.4 Å². The number of hydrogen-bond donors (Lipinski definition) is 0. The van der Waals surface area contributed by atoms with E-state index in [2.05, 4.69) is 33.5 Å². The van der Waals surface area contributed by atoms with Gasteiger partial charge in [0.15, 0.2) is 11.6 Å². The number of benzene rings is 1. The molecule has 0 N–H and O–H groups in total. The Morgan fingerprint density at radius 3 is 2.51 bits per heavy atom. The molecule has 1 aromatic carbocycles. The van der Waals surface area contributed by atoms with Gasteiger partial charge in [-0.1, -0.05) is 11.6 Å². The van der Waals surface area contributed by atoms with E-state index in [4.69, 9.17) is 21.6 Å². The molecule has 5 rings (SSSR count). The van der Waals surface area contributed by atoms with Gasteiger partial charge in [0.05, 0.1) is 10.7 Å². The van der Waals surface area contributed by atoms with Crippen LogP contribution in [0.25, 0.3) is 11.3 Å². The van der Waals surface area contributed by atoms with Crippen LogP contribution in [0.2, 0.25) is 5.02 Å². The SMILES string of the molecule is CC1CCCCN1c1nc(-c2ccc(F)c(F)c2)cc(N2CCN(c3ncccc3Cl)C[C@H]2C)n1. The van der Waals surface area contributed by atoms with Gasteiger partial charge in [-0.3, -0.25) is 0 Å². The van der Waals surface area contributed by atoms with Gasteiger partial charge in [0.2, 0.25) is 5.95 Å². The Bertz CT molecular complexity index is 1210. The Kier molecular flexibility index (Phi) is 6.73. The molecule has 0 bridgehead atoms. The Morgan fingerprint density at radius 1 is 0.914 bits per heavy atom. The molecule has 0 spiro atoms. The van der Waals surface area contributed by atoms with E-state index in [9.17, 15) is 8.78 Å². The number of piperidine rings is 1. The van der Waals surface area contributed by atoms with Crippen LogP contribution in [0.1, 0.15) is 33.1 Å². The molecule has 0 saturated carbocycles. The minimum atomic E-state index is -0.884. The fourth-order valence-corrected chi connectivity index (χ4v) is 5.24. The van der Waals surface area contributed by atoms with Crippen LogP contribution in [0.3, 0.4) is 0 Å². The third kappa shape index (κ3) is 4.89. The van der Waals surface area contributed by atoms with E-state index >= 15 is 0 Å². The van der Waals surface area contributed by atoms with Crippen molar-refractivity contribution in [2.24, 2.45) is 0 Å². The molecule has 2 aliphatic rings. The van der Waals surface area contributed by atoms with Crippen molar-refractivity contribution in [1.82, 2.24) is 15.0 Å². The van der Waals surface area contributed by atoms with Crippen molar-refractivity contribution in [3.63, 3.8) is 0 Å². The lowest BCUT2D eigenvalue weighted by molar-refractivity contribution is 0.476. The second-order valence-electron chi connectivity index (χ2n) is 9.38. The van der Waals surface area contributed by atoms with Gasteiger partial charge in [-0.2, -0.15) is 4.98 Å². The topological polar surface area (TPSA) is 48.4 Å². The van der Waals surface area contributed by atoms with Crippen molar-refractivity contribution in [3.8, 4) is 11.3 Å². The van der Waals surface area contributed by atoms with E-state index in [1.807, 2.05) is 18.2 Å². The van der Waals surface area contributed by atoms with Gasteiger partial charge >= 0.3 is 0 Å². The Labute approximate surface area is 209 Å². The Morgan fingerprint density at radius 2 is 1.77 bits per heavy atom. The van der Waals surface area contributed by atoms with Crippen molar-refractivity contribution in [2.75, 3.05) is 40.9 Å². The fourth-order valence-electron chi connectivity index (χ4n) is 5.00. The summed E-state index contributed by atoms with van der Waals surface area (Å²) in [6.45, 7) is 7.40. The number of aromatic nitrogens is 3. The first-order valence-corrected chi connectivity index (χ1v) is 12.5. The van der Waals surface area contributed by atoms with Crippen LogP contribution in [0.15, 0.2) is 42.6 Å². The summed E-state index contributed by atoms with van der Waals surface area (Å²) in [4.78, 5) is 20.9. The van der Waals surface area contributed by atoms with Crippen LogP contribution >= 0.6 is 11.6 Å². The highest BCUT2D eigenvalue weighted by atomic mass is 35.5. The summed E-state index contributed by atoms with van der Waals surface area (Å²) >= 11 is 6.39. The average molecular weight is 499 g/mol. The number of hydrogen-bond acceptors (Lipinski definition) is 6. The van der Waals surface area contributed by atoms with Gasteiger partial charge < -0.3 is 14.7 Å². The van der Waals surface area contributed by atoms with Crippen molar-refractivity contribution in [1.29, 1.82) is 0 Å². The summed E-state index contributed by atoms with van der Waals surface area (Å²) < 4.78 is 27.7. The van der Waals surface area contributed by atoms with E-state index in [-0.39, 0.29) is 6.04 Å². The first-order chi connectivity index (χ1) is 16.9. The number of halogens is 3. The molecule has 6 nitrogen and oxygen atoms in total.